The minimum atomic E-state index is -0.607. The quantitative estimate of drug-likeness (QED) is 0.0132. The fourth-order valence-corrected chi connectivity index (χ4v) is 9.66. The number of hydroxylamine groups is 1. The molecule has 0 bridgehead atoms. The Kier molecular flexibility index (Phi) is 18.8. The van der Waals surface area contributed by atoms with Crippen LogP contribution in [0, 0.1) is 0 Å². The lowest BCUT2D eigenvalue weighted by molar-refractivity contribution is -0.143. The molecule has 61 heavy (non-hydrogen) atoms. The molecule has 1 aliphatic carbocycles. The molecule has 0 saturated carbocycles. The summed E-state index contributed by atoms with van der Waals surface area (Å²) < 4.78 is 22.8. The van der Waals surface area contributed by atoms with Gasteiger partial charge in [-0.25, -0.2) is 5.48 Å². The summed E-state index contributed by atoms with van der Waals surface area (Å²) in [4.78, 5) is 53.3. The van der Waals surface area contributed by atoms with Gasteiger partial charge in [0.15, 0.2) is 16.9 Å². The number of methoxy groups -OCH3 is 3. The van der Waals surface area contributed by atoms with Crippen molar-refractivity contribution in [1.29, 1.82) is 0 Å². The summed E-state index contributed by atoms with van der Waals surface area (Å²) in [6, 6.07) is 24.6. The number of fused-ring (bicyclic) bond motifs is 3. The zero-order chi connectivity index (χ0) is 43.6. The van der Waals surface area contributed by atoms with Gasteiger partial charge in [0.05, 0.1) is 38.8 Å². The minimum Gasteiger partial charge on any atom is -0.493 e. The van der Waals surface area contributed by atoms with Crippen LogP contribution in [-0.4, -0.2) is 75.2 Å². The number of benzene rings is 3. The summed E-state index contributed by atoms with van der Waals surface area (Å²) in [6.45, 7) is 1.36. The third-order valence-electron chi connectivity index (χ3n) is 10.0. The molecule has 0 unspecified atom stereocenters. The molecule has 12 nitrogen and oxygen atoms in total. The molecule has 0 aliphatic heterocycles. The monoisotopic (exact) mass is 887 g/mol. The number of esters is 1. The number of thioether (sulfide) groups is 1. The first-order valence-electron chi connectivity index (χ1n) is 19.9. The van der Waals surface area contributed by atoms with Crippen LogP contribution in [0.4, 0.5) is 5.69 Å². The Morgan fingerprint density at radius 2 is 1.61 bits per heavy atom. The molecule has 4 aromatic rings. The van der Waals surface area contributed by atoms with Crippen molar-refractivity contribution in [3.8, 4) is 28.4 Å². The van der Waals surface area contributed by atoms with Crippen molar-refractivity contribution in [2.45, 2.75) is 56.0 Å². The zero-order valence-electron chi connectivity index (χ0n) is 34.9. The van der Waals surface area contributed by atoms with Gasteiger partial charge in [0.1, 0.15) is 6.61 Å². The van der Waals surface area contributed by atoms with Crippen molar-refractivity contribution in [2.75, 3.05) is 57.1 Å². The van der Waals surface area contributed by atoms with E-state index in [1.807, 2.05) is 79.1 Å². The third-order valence-corrected chi connectivity index (χ3v) is 13.4. The van der Waals surface area contributed by atoms with Gasteiger partial charge in [-0.1, -0.05) is 70.1 Å². The first-order valence-corrected chi connectivity index (χ1v) is 23.7. The number of carbonyl (C=O) groups excluding carboxylic acids is 3. The van der Waals surface area contributed by atoms with E-state index < -0.39 is 5.91 Å². The highest BCUT2D eigenvalue weighted by molar-refractivity contribution is 8.76. The van der Waals surface area contributed by atoms with Crippen LogP contribution in [0.15, 0.2) is 94.6 Å². The average Bonchev–Trinajstić information content (AvgIpc) is 3.53. The molecule has 5 rings (SSSR count). The third kappa shape index (κ3) is 13.4. The number of rotatable bonds is 22. The number of carbonyl (C=O) groups is 3. The molecule has 0 spiro atoms. The maximum absolute atomic E-state index is 13.3. The van der Waals surface area contributed by atoms with E-state index in [-0.39, 0.29) is 30.0 Å². The maximum Gasteiger partial charge on any atom is 0.305 e. The van der Waals surface area contributed by atoms with Crippen LogP contribution in [0.1, 0.15) is 60.4 Å². The van der Waals surface area contributed by atoms with Gasteiger partial charge in [-0.05, 0) is 96.2 Å². The predicted molar refractivity (Wildman–Crippen MR) is 246 cm³/mol. The summed E-state index contributed by atoms with van der Waals surface area (Å²) in [6.07, 6.45) is 7.94. The summed E-state index contributed by atoms with van der Waals surface area (Å²) in [5, 5.41) is 11.9. The second kappa shape index (κ2) is 24.4. The summed E-state index contributed by atoms with van der Waals surface area (Å²) in [5.41, 5.74) is 7.68. The van der Waals surface area contributed by atoms with Crippen LogP contribution < -0.4 is 35.3 Å². The van der Waals surface area contributed by atoms with Crippen LogP contribution in [0.25, 0.3) is 17.2 Å². The van der Waals surface area contributed by atoms with E-state index in [0.717, 1.165) is 50.6 Å². The van der Waals surface area contributed by atoms with E-state index in [2.05, 4.69) is 10.2 Å². The molecule has 15 heteroatoms. The van der Waals surface area contributed by atoms with Gasteiger partial charge in [0, 0.05) is 48.2 Å². The topological polar surface area (TPSA) is 153 Å². The molecule has 2 amide bonds. The number of amides is 2. The second-order valence-electron chi connectivity index (χ2n) is 14.0. The standard InChI is InChI=1S/C46H53N3O9S3/c1-55-39-28-33-17-21-37(36-29-38(50)40(59-4)22-20-35(36)44(33)46(57-3)45(39)56-2)47-41(51)12-8-26-60-61-27-9-13-43(53)58-25-24-49(30-32-10-6-5-7-11-32)34-18-14-31(15-19-34)16-23-42(52)48-54/h5-7,10-11,14-16,18-20,22-23,28-29,37,54H,8-9,12-13,17,21,24-27,30H2,1-4H3,(H,47,51)(H,48,52)/b23-16+/t37-/m0/s1. The first-order chi connectivity index (χ1) is 29.7. The highest BCUT2D eigenvalue weighted by atomic mass is 33.1. The number of nitrogens with zero attached hydrogens (tertiary/aromatic N) is 1. The highest BCUT2D eigenvalue weighted by Gasteiger charge is 2.30. The van der Waals surface area contributed by atoms with E-state index >= 15 is 0 Å². The zero-order valence-corrected chi connectivity index (χ0v) is 37.4. The highest BCUT2D eigenvalue weighted by Crippen LogP contribution is 2.50. The number of nitrogens with one attached hydrogen (secondary N) is 2. The molecule has 1 atom stereocenters. The minimum absolute atomic E-state index is 0.0809. The molecular formula is C46H53N3O9S3. The van der Waals surface area contributed by atoms with Gasteiger partial charge in [-0.3, -0.25) is 24.4 Å². The fraction of sp³-hybridized carbons (Fsp3) is 0.348. The number of hydrogen-bond acceptors (Lipinski definition) is 13. The number of hydrogen-bond donors (Lipinski definition) is 3. The van der Waals surface area contributed by atoms with Crippen LogP contribution in [0.5, 0.6) is 17.2 Å². The SMILES string of the molecule is COc1cc2c(c(OC)c1OC)-c1ccc(SC)c(=O)cc1[C@@H](NC(=O)CCCSSCCCC(=O)OCCN(Cc1ccccc1)c1ccc(/C=C/C(=O)NO)cc1)CC2. The molecule has 0 heterocycles. The van der Waals surface area contributed by atoms with Gasteiger partial charge in [0.2, 0.25) is 11.7 Å². The Morgan fingerprint density at radius 3 is 2.28 bits per heavy atom. The molecule has 3 N–H and O–H groups in total. The van der Waals surface area contributed by atoms with Gasteiger partial charge >= 0.3 is 5.97 Å². The van der Waals surface area contributed by atoms with Gasteiger partial charge in [-0.2, -0.15) is 0 Å². The molecule has 4 aromatic carbocycles. The van der Waals surface area contributed by atoms with Crippen LogP contribution in [0.2, 0.25) is 0 Å². The maximum atomic E-state index is 13.3. The fourth-order valence-electron chi connectivity index (χ4n) is 7.02. The lowest BCUT2D eigenvalue weighted by Gasteiger charge is -2.25. The first kappa shape index (κ1) is 47.0. The lowest BCUT2D eigenvalue weighted by Crippen LogP contribution is -2.29. The Balaban J connectivity index is 1.06. The van der Waals surface area contributed by atoms with Crippen molar-refractivity contribution in [3.05, 3.63) is 117 Å². The van der Waals surface area contributed by atoms with E-state index in [0.29, 0.717) is 73.8 Å². The number of ether oxygens (including phenoxy) is 4. The summed E-state index contributed by atoms with van der Waals surface area (Å²) in [5.74, 6) is 2.15. The molecule has 0 radical (unpaired) electrons. The van der Waals surface area contributed by atoms with E-state index in [1.165, 1.54) is 17.8 Å². The Hall–Kier alpha value is -5.09. The van der Waals surface area contributed by atoms with Gasteiger partial charge < -0.3 is 29.2 Å². The molecule has 1 aliphatic rings. The van der Waals surface area contributed by atoms with E-state index in [9.17, 15) is 19.2 Å². The Morgan fingerprint density at radius 1 is 0.885 bits per heavy atom. The van der Waals surface area contributed by atoms with Crippen molar-refractivity contribution in [2.24, 2.45) is 0 Å². The van der Waals surface area contributed by atoms with Crippen molar-refractivity contribution >= 4 is 62.9 Å². The Bertz CT molecular complexity index is 2190. The number of anilines is 1. The van der Waals surface area contributed by atoms with Crippen LogP contribution in [0.3, 0.4) is 0 Å². The molecule has 324 valence electrons. The Labute approximate surface area is 369 Å². The molecule has 0 saturated heterocycles. The van der Waals surface area contributed by atoms with Gasteiger partial charge in [-0.15, -0.1) is 11.8 Å². The average molecular weight is 888 g/mol. The van der Waals surface area contributed by atoms with Crippen molar-refractivity contribution in [1.82, 2.24) is 10.8 Å². The van der Waals surface area contributed by atoms with Crippen LogP contribution >= 0.6 is 33.3 Å². The second-order valence-corrected chi connectivity index (χ2v) is 17.5. The smallest absolute Gasteiger partial charge is 0.305 e. The molecular weight excluding hydrogens is 835 g/mol. The predicted octanol–water partition coefficient (Wildman–Crippen LogP) is 8.28. The summed E-state index contributed by atoms with van der Waals surface area (Å²) in [7, 11) is 8.09. The largest absolute Gasteiger partial charge is 0.493 e. The number of aryl methyl sites for hydroxylation is 1. The molecule has 0 fully saturated rings. The van der Waals surface area contributed by atoms with Crippen LogP contribution in [-0.2, 0) is 32.1 Å². The molecule has 0 aromatic heterocycles. The van der Waals surface area contributed by atoms with Gasteiger partial charge in [0.25, 0.3) is 5.91 Å². The van der Waals surface area contributed by atoms with E-state index in [4.69, 9.17) is 24.2 Å². The normalized spacial score (nSPS) is 13.0. The van der Waals surface area contributed by atoms with Crippen molar-refractivity contribution < 1.29 is 38.5 Å². The van der Waals surface area contributed by atoms with Crippen molar-refractivity contribution in [3.63, 3.8) is 0 Å². The lowest BCUT2D eigenvalue weighted by atomic mass is 9.95. The summed E-state index contributed by atoms with van der Waals surface area (Å²) >= 11 is 1.38. The van der Waals surface area contributed by atoms with E-state index in [1.54, 1.807) is 60.5 Å².